The number of H-pyrrole nitrogens is 1. The molecule has 1 aliphatic heterocycles. The van der Waals surface area contributed by atoms with E-state index in [4.69, 9.17) is 11.5 Å². The molecule has 0 radical (unpaired) electrons. The van der Waals surface area contributed by atoms with Crippen LogP contribution in [0.1, 0.15) is 90.4 Å². The second kappa shape index (κ2) is 40.4. The predicted octanol–water partition coefficient (Wildman–Crippen LogP) is 15.3. The summed E-state index contributed by atoms with van der Waals surface area (Å²) in [4.78, 5) is 117. The standard InChI is InChI=1S/2C28H24FN5O2.C26H27FN6O.C26H23FN6O/c1-15-11-17(7-9-22(15)29)24-21(3-2-10-31-24)19-6-8-20-13-32-27(34(20)14-19)28(36)33-25-18-5-4-16(12-18)23(25)26(30)35;1-15-11-18(6-7-22(15)29)24-21(3-2-9-31-24)16-8-10-34-20(13-16)14-32-27(34)28(36)33-25-19-5-4-17(12-19)23(25)26(30)35;2*1-18-14-20(5-6-23(18)27)24-22(4-2-8-29-24)19-7-12-33-21(15-19)16-31-25(33)26(34)30-9-3-11-32-13-10-28-17-32/h2-11,13-14,16,18,23,25H,12H2,1H3,(H2,30,35)(H,33,36);2-11,13-14,17,19,23,25H,12H2,1H3,(H2,30,35)(H,33,36);2,4-8,12,14-16,28H,3,9-11,13,17H2,1H3,(H,30,34);2,4-8,10,12-17H,3,9,11H2,1H3,(H,30,34)/p+1/t16?,18-,23-,25+;17-,19-,23-,25+;;/m00../s1. The molecule has 10 N–H and O–H groups in total. The minimum atomic E-state index is -0.414. The van der Waals surface area contributed by atoms with Crippen LogP contribution in [0.5, 0.6) is 0 Å². The Labute approximate surface area is 801 Å². The third-order valence-electron chi connectivity index (χ3n) is 26.7. The molecule has 4 aromatic carbocycles. The molecular weight excluding hydrogens is 1780 g/mol. The summed E-state index contributed by atoms with van der Waals surface area (Å²) < 4.78 is 64.3. The van der Waals surface area contributed by atoms with Crippen molar-refractivity contribution in [1.29, 1.82) is 0 Å². The van der Waals surface area contributed by atoms with Crippen LogP contribution in [-0.2, 0) is 16.1 Å². The summed E-state index contributed by atoms with van der Waals surface area (Å²) in [6.45, 7) is 12.9. The van der Waals surface area contributed by atoms with E-state index in [0.29, 0.717) is 52.7 Å². The van der Waals surface area contributed by atoms with E-state index in [2.05, 4.69) is 88.5 Å². The molecule has 32 heteroatoms. The Balaban J connectivity index is 0.000000119. The lowest BCUT2D eigenvalue weighted by atomic mass is 9.88. The predicted molar refractivity (Wildman–Crippen MR) is 523 cm³/mol. The molecule has 3 fully saturated rings. The number of nitrogens with two attached hydrogens (primary N) is 2. The van der Waals surface area contributed by atoms with Crippen LogP contribution in [0.4, 0.5) is 17.6 Å². The lowest BCUT2D eigenvalue weighted by Crippen LogP contribution is -2.48. The fourth-order valence-electron chi connectivity index (χ4n) is 19.5. The number of nitrogens with one attached hydrogen (secondary N) is 6. The Morgan fingerprint density at radius 1 is 0.414 bits per heavy atom. The van der Waals surface area contributed by atoms with Crippen LogP contribution < -0.4 is 42.6 Å². The number of imidazole rings is 5. The van der Waals surface area contributed by atoms with Crippen molar-refractivity contribution in [2.24, 2.45) is 47.0 Å². The summed E-state index contributed by atoms with van der Waals surface area (Å²) in [6, 6.07) is 50.1. The highest BCUT2D eigenvalue weighted by Crippen LogP contribution is 2.46. The fourth-order valence-corrected chi connectivity index (χ4v) is 19.5. The number of aryl methyl sites for hydroxylation is 5. The Morgan fingerprint density at radius 2 is 0.786 bits per heavy atom. The second-order valence-electron chi connectivity index (χ2n) is 35.7. The molecule has 5 aliphatic rings. The maximum atomic E-state index is 13.9. The van der Waals surface area contributed by atoms with E-state index in [9.17, 15) is 46.3 Å². The van der Waals surface area contributed by atoms with Gasteiger partial charge in [-0.05, 0) is 249 Å². The molecule has 4 aliphatic carbocycles. The number of hydrogen-bond acceptors (Lipinski definition) is 16. The van der Waals surface area contributed by atoms with Crippen LogP contribution in [0, 0.1) is 86.5 Å². The number of fused-ring (bicyclic) bond motifs is 8. The van der Waals surface area contributed by atoms with Gasteiger partial charge in [0.25, 0.3) is 23.6 Å². The van der Waals surface area contributed by atoms with E-state index < -0.39 is 23.7 Å². The normalized spacial score (nSPS) is 17.6. The number of nitrogens with zero attached hydrogens (tertiary/aromatic N) is 14. The van der Waals surface area contributed by atoms with Crippen molar-refractivity contribution in [2.45, 2.75) is 72.0 Å². The summed E-state index contributed by atoms with van der Waals surface area (Å²) in [7, 11) is 0. The molecule has 0 spiro atoms. The van der Waals surface area contributed by atoms with Crippen molar-refractivity contribution >= 4 is 57.5 Å². The van der Waals surface area contributed by atoms with Crippen molar-refractivity contribution in [3.8, 4) is 89.5 Å². The SMILES string of the molecule is Cc1cc(-c2ncccc2-c2ccc3cnc(C(=O)N[C@@H]4[C@H]5C=CC(C5)[C@@H]4C(N)=O)n3c2)ccc1F.Cc1cc(-c2ncccc2-c2ccn3c(C(=O)NCCCN4CCNC4)ncc3c2)ccc1F.Cc1cc(-c2ncccc2-c2ccn3c(C(=O)NCCC[n+]4cc[nH]c4)ncc3c2)ccc1F.Cc1cc(-c2ncccc2-c2ccn3c(C(=O)N[C@H]4[C@@H](C(N)=O)[C@H]5C=C[C@H]4C5)ncc3c2)ccc1F. The first-order valence-electron chi connectivity index (χ1n) is 46.4. The van der Waals surface area contributed by atoms with E-state index in [1.165, 1.54) is 24.3 Å². The van der Waals surface area contributed by atoms with Gasteiger partial charge in [-0.3, -0.25) is 76.2 Å². The first-order valence-corrected chi connectivity index (χ1v) is 46.4. The van der Waals surface area contributed by atoms with Crippen molar-refractivity contribution in [3.63, 3.8) is 0 Å². The lowest BCUT2D eigenvalue weighted by Gasteiger charge is -2.26. The number of amides is 6. The minimum absolute atomic E-state index is 0.0699. The molecule has 17 aromatic rings. The number of aromatic amines is 1. The molecule has 28 nitrogen and oxygen atoms in total. The highest BCUT2D eigenvalue weighted by atomic mass is 19.1. The monoisotopic (exact) mass is 1880 g/mol. The van der Waals surface area contributed by atoms with Crippen LogP contribution in [0.2, 0.25) is 0 Å². The van der Waals surface area contributed by atoms with Crippen LogP contribution in [-0.4, -0.2) is 154 Å². The van der Waals surface area contributed by atoms with Gasteiger partial charge in [-0.15, -0.1) is 0 Å². The highest BCUT2D eigenvalue weighted by molar-refractivity contribution is 5.97. The summed E-state index contributed by atoms with van der Waals surface area (Å²) >= 11 is 0. The quantitative estimate of drug-likeness (QED) is 0.0121. The molecule has 14 heterocycles. The molecule has 8 atom stereocenters. The van der Waals surface area contributed by atoms with Crippen molar-refractivity contribution < 1.29 is 50.9 Å². The largest absolute Gasteiger partial charge is 0.369 e. The number of primary amides is 2. The first-order chi connectivity index (χ1) is 68.0. The van der Waals surface area contributed by atoms with Gasteiger partial charge in [0.05, 0.1) is 88.0 Å². The van der Waals surface area contributed by atoms with Gasteiger partial charge in [0.15, 0.2) is 0 Å². The lowest BCUT2D eigenvalue weighted by molar-refractivity contribution is -0.695. The van der Waals surface area contributed by atoms with Gasteiger partial charge in [0.1, 0.15) is 35.7 Å². The smallest absolute Gasteiger partial charge is 0.287 e. The molecule has 704 valence electrons. The van der Waals surface area contributed by atoms with Crippen molar-refractivity contribution in [1.82, 2.24) is 93.9 Å². The molecular formula is C108H99F4N22O6+. The minimum Gasteiger partial charge on any atom is -0.369 e. The van der Waals surface area contributed by atoms with Gasteiger partial charge in [0, 0.05) is 158 Å². The fraction of sp³-hybridized carbons (Fsp3) is 0.213. The number of carbonyl (C=O) groups excluding carboxylic acids is 6. The van der Waals surface area contributed by atoms with E-state index in [-0.39, 0.29) is 94.3 Å². The topological polar surface area (TPSA) is 358 Å². The zero-order chi connectivity index (χ0) is 96.9. The van der Waals surface area contributed by atoms with E-state index in [1.807, 2.05) is 151 Å². The number of hydrogen-bond donors (Lipinski definition) is 8. The number of pyridine rings is 8. The van der Waals surface area contributed by atoms with Gasteiger partial charge in [0.2, 0.25) is 41.4 Å². The molecule has 140 heavy (non-hydrogen) atoms. The van der Waals surface area contributed by atoms with Gasteiger partial charge in [-0.2, -0.15) is 0 Å². The van der Waals surface area contributed by atoms with Crippen LogP contribution in [0.3, 0.4) is 0 Å². The van der Waals surface area contributed by atoms with Crippen LogP contribution >= 0.6 is 0 Å². The number of benzene rings is 4. The van der Waals surface area contributed by atoms with Crippen molar-refractivity contribution in [2.75, 3.05) is 39.4 Å². The molecule has 2 saturated carbocycles. The maximum Gasteiger partial charge on any atom is 0.287 e. The summed E-state index contributed by atoms with van der Waals surface area (Å²) in [6.07, 6.45) is 38.1. The number of rotatable bonds is 24. The van der Waals surface area contributed by atoms with Gasteiger partial charge >= 0.3 is 0 Å². The first kappa shape index (κ1) is 92.5. The summed E-state index contributed by atoms with van der Waals surface area (Å²) in [5.41, 5.74) is 30.2. The second-order valence-corrected chi connectivity index (χ2v) is 35.7. The Kier molecular flexibility index (Phi) is 26.7. The van der Waals surface area contributed by atoms with Crippen LogP contribution in [0.15, 0.2) is 287 Å². The molecule has 4 bridgehead atoms. The maximum absolute atomic E-state index is 13.9. The molecule has 22 rings (SSSR count). The van der Waals surface area contributed by atoms with E-state index in [0.717, 1.165) is 164 Å². The molecule has 1 saturated heterocycles. The summed E-state index contributed by atoms with van der Waals surface area (Å²) in [5, 5.41) is 15.3. The Morgan fingerprint density at radius 3 is 1.16 bits per heavy atom. The zero-order valence-electron chi connectivity index (χ0n) is 76.9. The van der Waals surface area contributed by atoms with Gasteiger partial charge in [-0.1, -0.05) is 54.6 Å². The zero-order valence-corrected chi connectivity index (χ0v) is 76.9. The molecule has 1 unspecified atom stereocenters. The Bertz CT molecular complexity index is 7690. The average molecular weight is 1880 g/mol. The highest BCUT2D eigenvalue weighted by Gasteiger charge is 2.50. The van der Waals surface area contributed by atoms with Crippen LogP contribution in [0.25, 0.3) is 112 Å². The number of allylic oxidation sites excluding steroid dienone is 2. The third-order valence-corrected chi connectivity index (χ3v) is 26.7. The number of carbonyl (C=O) groups is 6. The van der Waals surface area contributed by atoms with Gasteiger partial charge < -0.3 is 38.1 Å². The third kappa shape index (κ3) is 19.4. The van der Waals surface area contributed by atoms with Gasteiger partial charge in [-0.25, -0.2) is 42.1 Å². The number of aromatic nitrogens is 14. The molecule has 13 aromatic heterocycles. The number of halogens is 4. The molecule has 6 amide bonds. The van der Waals surface area contributed by atoms with E-state index >= 15 is 0 Å². The van der Waals surface area contributed by atoms with E-state index in [1.54, 1.807) is 150 Å². The average Bonchev–Trinajstić information content (AvgIpc) is 1.70. The Hall–Kier alpha value is -16.6. The van der Waals surface area contributed by atoms with Crippen molar-refractivity contribution in [3.05, 3.63) is 356 Å². The summed E-state index contributed by atoms with van der Waals surface area (Å²) in [5.74, 6) is -2.17.